The highest BCUT2D eigenvalue weighted by Crippen LogP contribution is 2.55. The number of aliphatic imine (C=N–C) groups is 1. The molecule has 0 unspecified atom stereocenters. The van der Waals surface area contributed by atoms with Crippen LogP contribution in [0, 0.1) is 0 Å². The molecular weight excluding hydrogens is 246 g/mol. The van der Waals surface area contributed by atoms with E-state index < -0.39 is 5.54 Å². The van der Waals surface area contributed by atoms with E-state index in [2.05, 4.69) is 4.99 Å². The van der Waals surface area contributed by atoms with Gasteiger partial charge in [-0.3, -0.25) is 0 Å². The first kappa shape index (κ1) is 13.6. The van der Waals surface area contributed by atoms with Crippen molar-refractivity contribution in [1.82, 2.24) is 0 Å². The van der Waals surface area contributed by atoms with Crippen LogP contribution in [-0.4, -0.2) is 27.4 Å². The van der Waals surface area contributed by atoms with Gasteiger partial charge in [0.2, 0.25) is 6.08 Å². The molecule has 0 aliphatic heterocycles. The molecule has 0 spiro atoms. The van der Waals surface area contributed by atoms with E-state index >= 15 is 0 Å². The summed E-state index contributed by atoms with van der Waals surface area (Å²) in [5.74, 6) is 1.34. The number of methoxy groups -OCH3 is 3. The summed E-state index contributed by atoms with van der Waals surface area (Å²) in [6.07, 6.45) is 3.26. The maximum atomic E-state index is 10.6. The second-order valence-corrected chi connectivity index (χ2v) is 4.54. The van der Waals surface area contributed by atoms with Gasteiger partial charge in [-0.05, 0) is 30.5 Å². The van der Waals surface area contributed by atoms with Gasteiger partial charge in [-0.15, -0.1) is 0 Å². The molecule has 1 saturated carbocycles. The van der Waals surface area contributed by atoms with Crippen molar-refractivity contribution in [2.45, 2.75) is 25.0 Å². The van der Waals surface area contributed by atoms with Gasteiger partial charge in [-0.1, -0.05) is 0 Å². The van der Waals surface area contributed by atoms with E-state index in [1.54, 1.807) is 27.4 Å². The van der Waals surface area contributed by atoms with Gasteiger partial charge in [-0.2, -0.15) is 4.99 Å². The summed E-state index contributed by atoms with van der Waals surface area (Å²) in [6.45, 7) is 0.469. The van der Waals surface area contributed by atoms with Gasteiger partial charge in [0.25, 0.3) is 0 Å². The number of isocyanates is 1. The van der Waals surface area contributed by atoms with Crippen LogP contribution in [0.5, 0.6) is 11.5 Å². The lowest BCUT2D eigenvalue weighted by Crippen LogP contribution is -2.09. The Morgan fingerprint density at radius 1 is 1.21 bits per heavy atom. The average Bonchev–Trinajstić information content (AvgIpc) is 3.19. The lowest BCUT2D eigenvalue weighted by molar-refractivity contribution is 0.184. The molecule has 0 saturated heterocycles. The van der Waals surface area contributed by atoms with Crippen LogP contribution in [0.4, 0.5) is 0 Å². The third-order valence-corrected chi connectivity index (χ3v) is 3.33. The molecule has 102 valence electrons. The van der Waals surface area contributed by atoms with E-state index in [1.165, 1.54) is 0 Å². The van der Waals surface area contributed by atoms with Crippen molar-refractivity contribution in [3.63, 3.8) is 0 Å². The molecular formula is C14H17NO4. The predicted molar refractivity (Wildman–Crippen MR) is 69.3 cm³/mol. The van der Waals surface area contributed by atoms with Crippen LogP contribution in [0.3, 0.4) is 0 Å². The van der Waals surface area contributed by atoms with Crippen LogP contribution in [0.2, 0.25) is 0 Å². The Hall–Kier alpha value is -1.84. The Balaban J connectivity index is 2.55. The van der Waals surface area contributed by atoms with Crippen molar-refractivity contribution in [3.8, 4) is 11.5 Å². The summed E-state index contributed by atoms with van der Waals surface area (Å²) >= 11 is 0. The predicted octanol–water partition coefficient (Wildman–Crippen LogP) is 2.18. The van der Waals surface area contributed by atoms with Gasteiger partial charge >= 0.3 is 0 Å². The lowest BCUT2D eigenvalue weighted by Gasteiger charge is -2.19. The second kappa shape index (κ2) is 5.43. The molecule has 1 aliphatic rings. The number of carbonyl (C=O) groups excluding carboxylic acids is 1. The topological polar surface area (TPSA) is 57.1 Å². The fourth-order valence-corrected chi connectivity index (χ4v) is 2.30. The van der Waals surface area contributed by atoms with Crippen molar-refractivity contribution in [2.75, 3.05) is 21.3 Å². The molecule has 19 heavy (non-hydrogen) atoms. The van der Waals surface area contributed by atoms with E-state index in [-0.39, 0.29) is 0 Å². The smallest absolute Gasteiger partial charge is 0.235 e. The Morgan fingerprint density at radius 3 is 2.16 bits per heavy atom. The molecule has 0 bridgehead atoms. The minimum Gasteiger partial charge on any atom is -0.496 e. The molecule has 1 aromatic rings. The largest absolute Gasteiger partial charge is 0.496 e. The van der Waals surface area contributed by atoms with E-state index in [1.807, 2.05) is 12.1 Å². The zero-order valence-electron chi connectivity index (χ0n) is 11.4. The summed E-state index contributed by atoms with van der Waals surface area (Å²) in [5.41, 5.74) is 1.25. The standard InChI is InChI=1S/C14H17NO4/c1-17-8-10-6-11(18-2)13(12(7-10)19-3)14(4-5-14)15-9-16/h6-7H,4-5,8H2,1-3H3. The van der Waals surface area contributed by atoms with Crippen molar-refractivity contribution in [3.05, 3.63) is 23.3 Å². The van der Waals surface area contributed by atoms with Gasteiger partial charge < -0.3 is 14.2 Å². The molecule has 1 fully saturated rings. The van der Waals surface area contributed by atoms with Gasteiger partial charge in [0.1, 0.15) is 17.0 Å². The van der Waals surface area contributed by atoms with Crippen LogP contribution in [0.15, 0.2) is 17.1 Å². The van der Waals surface area contributed by atoms with E-state index in [0.29, 0.717) is 18.1 Å². The second-order valence-electron chi connectivity index (χ2n) is 4.54. The summed E-state index contributed by atoms with van der Waals surface area (Å²) in [5, 5.41) is 0. The third-order valence-electron chi connectivity index (χ3n) is 3.33. The molecule has 0 radical (unpaired) electrons. The molecule has 0 heterocycles. The Kier molecular flexibility index (Phi) is 3.88. The quantitative estimate of drug-likeness (QED) is 0.583. The first-order valence-corrected chi connectivity index (χ1v) is 6.04. The Bertz CT molecular complexity index is 491. The Labute approximate surface area is 112 Å². The highest BCUT2D eigenvalue weighted by molar-refractivity contribution is 5.56. The SMILES string of the molecule is COCc1cc(OC)c(C2(N=C=O)CC2)c(OC)c1. The van der Waals surface area contributed by atoms with Crippen molar-refractivity contribution in [2.24, 2.45) is 4.99 Å². The molecule has 1 aliphatic carbocycles. The number of rotatable bonds is 6. The van der Waals surface area contributed by atoms with Crippen molar-refractivity contribution >= 4 is 6.08 Å². The molecule has 2 rings (SSSR count). The Morgan fingerprint density at radius 2 is 1.79 bits per heavy atom. The fourth-order valence-electron chi connectivity index (χ4n) is 2.30. The van der Waals surface area contributed by atoms with Gasteiger partial charge in [0, 0.05) is 7.11 Å². The van der Waals surface area contributed by atoms with Crippen LogP contribution in [0.25, 0.3) is 0 Å². The van der Waals surface area contributed by atoms with Crippen LogP contribution in [-0.2, 0) is 21.7 Å². The normalized spacial score (nSPS) is 15.5. The van der Waals surface area contributed by atoms with Gasteiger partial charge in [-0.25, -0.2) is 4.79 Å². The zero-order valence-corrected chi connectivity index (χ0v) is 11.4. The monoisotopic (exact) mass is 263 g/mol. The first-order chi connectivity index (χ1) is 9.20. The summed E-state index contributed by atoms with van der Waals surface area (Å²) in [4.78, 5) is 14.5. The average molecular weight is 263 g/mol. The zero-order chi connectivity index (χ0) is 13.9. The molecule has 0 aromatic heterocycles. The highest BCUT2D eigenvalue weighted by atomic mass is 16.5. The van der Waals surface area contributed by atoms with E-state index in [4.69, 9.17) is 14.2 Å². The third kappa shape index (κ3) is 2.48. The molecule has 0 atom stereocenters. The summed E-state index contributed by atoms with van der Waals surface area (Å²) in [7, 11) is 4.82. The maximum absolute atomic E-state index is 10.6. The van der Waals surface area contributed by atoms with Crippen LogP contribution >= 0.6 is 0 Å². The maximum Gasteiger partial charge on any atom is 0.235 e. The number of ether oxygens (including phenoxy) is 3. The van der Waals surface area contributed by atoms with Crippen molar-refractivity contribution in [1.29, 1.82) is 0 Å². The first-order valence-electron chi connectivity index (χ1n) is 6.04. The molecule has 0 amide bonds. The fraction of sp³-hybridized carbons (Fsp3) is 0.500. The number of hydrogen-bond acceptors (Lipinski definition) is 5. The van der Waals surface area contributed by atoms with Crippen LogP contribution in [0.1, 0.15) is 24.0 Å². The van der Waals surface area contributed by atoms with Gasteiger partial charge in [0.15, 0.2) is 0 Å². The highest BCUT2D eigenvalue weighted by Gasteiger charge is 2.49. The number of benzene rings is 1. The molecule has 0 N–H and O–H groups in total. The van der Waals surface area contributed by atoms with E-state index in [0.717, 1.165) is 24.0 Å². The van der Waals surface area contributed by atoms with Gasteiger partial charge in [0.05, 0.1) is 26.4 Å². The molecule has 1 aromatic carbocycles. The number of nitrogens with zero attached hydrogens (tertiary/aromatic N) is 1. The molecule has 5 nitrogen and oxygen atoms in total. The summed E-state index contributed by atoms with van der Waals surface area (Å²) < 4.78 is 16.0. The minimum atomic E-state index is -0.524. The minimum absolute atomic E-state index is 0.469. The lowest BCUT2D eigenvalue weighted by atomic mass is 10.0. The van der Waals surface area contributed by atoms with Crippen LogP contribution < -0.4 is 9.47 Å². The van der Waals surface area contributed by atoms with Crippen molar-refractivity contribution < 1.29 is 19.0 Å². The van der Waals surface area contributed by atoms with E-state index in [9.17, 15) is 4.79 Å². The summed E-state index contributed by atoms with van der Waals surface area (Å²) in [6, 6.07) is 3.78. The number of hydrogen-bond donors (Lipinski definition) is 0. The molecule has 5 heteroatoms.